The van der Waals surface area contributed by atoms with Crippen LogP contribution in [0.25, 0.3) is 0 Å². The van der Waals surface area contributed by atoms with Crippen LogP contribution < -0.4 is 24.1 Å². The van der Waals surface area contributed by atoms with Gasteiger partial charge in [0.15, 0.2) is 0 Å². The summed E-state index contributed by atoms with van der Waals surface area (Å²) in [5.41, 5.74) is 4.37. The fourth-order valence-corrected chi connectivity index (χ4v) is 4.66. The highest BCUT2D eigenvalue weighted by Crippen LogP contribution is 2.35. The lowest BCUT2D eigenvalue weighted by atomic mass is 10.2. The Hall–Kier alpha value is -4.05. The van der Waals surface area contributed by atoms with Crippen molar-refractivity contribution in [1.29, 1.82) is 0 Å². The number of carbonyl (C=O) groups excluding carboxylic acids is 1. The molecule has 1 amide bonds. The molecule has 0 spiro atoms. The average Bonchev–Trinajstić information content (AvgIpc) is 2.87. The first-order chi connectivity index (χ1) is 16.8. The SMILES string of the molecule is COc1ccc(OC)c(N(CC(=O)N/N=C\c2ccc(N(C)C)cc2)S(=O)(=O)c2ccccc2)c1. The van der Waals surface area contributed by atoms with Crippen LogP contribution >= 0.6 is 0 Å². The minimum atomic E-state index is -4.12. The topological polar surface area (TPSA) is 101 Å². The standard InChI is InChI=1S/C25H28N4O5S/c1-28(2)20-12-10-19(11-13-20)17-26-27-25(30)18-29(35(31,32)22-8-6-5-7-9-22)23-16-21(33-3)14-15-24(23)34-4/h5-17H,18H2,1-4H3,(H,27,30)/b26-17-. The third kappa shape index (κ3) is 6.30. The zero-order chi connectivity index (χ0) is 25.4. The molecule has 35 heavy (non-hydrogen) atoms. The molecule has 184 valence electrons. The van der Waals surface area contributed by atoms with E-state index in [1.54, 1.807) is 30.3 Å². The number of hydrogen-bond donors (Lipinski definition) is 1. The van der Waals surface area contributed by atoms with Crippen molar-refractivity contribution in [2.75, 3.05) is 44.1 Å². The second-order valence-corrected chi connectivity index (χ2v) is 9.50. The number of sulfonamides is 1. The van der Waals surface area contributed by atoms with Crippen molar-refractivity contribution in [2.24, 2.45) is 5.10 Å². The second kappa shape index (κ2) is 11.4. The molecule has 0 aromatic heterocycles. The highest BCUT2D eigenvalue weighted by atomic mass is 32.2. The number of benzene rings is 3. The molecule has 0 radical (unpaired) electrons. The maximum Gasteiger partial charge on any atom is 0.264 e. The van der Waals surface area contributed by atoms with Gasteiger partial charge in [-0.2, -0.15) is 5.10 Å². The number of hydrogen-bond acceptors (Lipinski definition) is 7. The number of carbonyl (C=O) groups is 1. The highest BCUT2D eigenvalue weighted by molar-refractivity contribution is 7.92. The summed E-state index contributed by atoms with van der Waals surface area (Å²) in [4.78, 5) is 14.8. The predicted octanol–water partition coefficient (Wildman–Crippen LogP) is 3.12. The van der Waals surface area contributed by atoms with Crippen LogP contribution in [0.4, 0.5) is 11.4 Å². The van der Waals surface area contributed by atoms with Crippen molar-refractivity contribution >= 4 is 33.5 Å². The first-order valence-electron chi connectivity index (χ1n) is 10.7. The maximum atomic E-state index is 13.5. The van der Waals surface area contributed by atoms with Crippen LogP contribution in [0, 0.1) is 0 Å². The highest BCUT2D eigenvalue weighted by Gasteiger charge is 2.29. The fourth-order valence-electron chi connectivity index (χ4n) is 3.21. The molecule has 0 heterocycles. The van der Waals surface area contributed by atoms with Gasteiger partial charge in [-0.05, 0) is 42.0 Å². The Balaban J connectivity index is 1.88. The lowest BCUT2D eigenvalue weighted by molar-refractivity contribution is -0.119. The van der Waals surface area contributed by atoms with Gasteiger partial charge in [-0.15, -0.1) is 0 Å². The van der Waals surface area contributed by atoms with E-state index in [1.165, 1.54) is 38.6 Å². The first kappa shape index (κ1) is 25.6. The van der Waals surface area contributed by atoms with Crippen LogP contribution in [0.3, 0.4) is 0 Å². The summed E-state index contributed by atoms with van der Waals surface area (Å²) in [5.74, 6) is 0.0480. The zero-order valence-electron chi connectivity index (χ0n) is 20.0. The van der Waals surface area contributed by atoms with Crippen molar-refractivity contribution in [1.82, 2.24) is 5.43 Å². The van der Waals surface area contributed by atoms with Crippen molar-refractivity contribution in [3.05, 3.63) is 78.4 Å². The van der Waals surface area contributed by atoms with Gasteiger partial charge in [0.05, 0.1) is 31.0 Å². The Morgan fingerprint density at radius 1 is 0.971 bits per heavy atom. The molecule has 0 atom stereocenters. The number of nitrogens with one attached hydrogen (secondary N) is 1. The van der Waals surface area contributed by atoms with Gasteiger partial charge >= 0.3 is 0 Å². The zero-order valence-corrected chi connectivity index (χ0v) is 20.8. The van der Waals surface area contributed by atoms with Gasteiger partial charge < -0.3 is 14.4 Å². The molecule has 3 aromatic carbocycles. The van der Waals surface area contributed by atoms with Gasteiger partial charge in [-0.3, -0.25) is 9.10 Å². The summed E-state index contributed by atoms with van der Waals surface area (Å²) in [7, 11) is 2.65. The summed E-state index contributed by atoms with van der Waals surface area (Å²) in [6.45, 7) is -0.530. The van der Waals surface area contributed by atoms with Crippen LogP contribution in [0.2, 0.25) is 0 Å². The molecule has 0 aliphatic carbocycles. The number of anilines is 2. The lowest BCUT2D eigenvalue weighted by Crippen LogP contribution is -2.39. The van der Waals surface area contributed by atoms with Crippen molar-refractivity contribution < 1.29 is 22.7 Å². The third-order valence-electron chi connectivity index (χ3n) is 5.09. The maximum absolute atomic E-state index is 13.5. The van der Waals surface area contributed by atoms with Crippen molar-refractivity contribution in [2.45, 2.75) is 4.90 Å². The molecule has 0 aliphatic heterocycles. The van der Waals surface area contributed by atoms with Crippen LogP contribution in [-0.2, 0) is 14.8 Å². The van der Waals surface area contributed by atoms with Gasteiger partial charge in [0, 0.05) is 25.8 Å². The number of rotatable bonds is 10. The molecule has 1 N–H and O–H groups in total. The average molecular weight is 497 g/mol. The summed E-state index contributed by atoms with van der Waals surface area (Å²) in [5, 5.41) is 3.98. The molecular formula is C25H28N4O5S. The van der Waals surface area contributed by atoms with E-state index in [1.807, 2.05) is 43.3 Å². The number of methoxy groups -OCH3 is 2. The Labute approximate surface area is 205 Å². The minimum absolute atomic E-state index is 0.0298. The molecule has 0 fully saturated rings. The summed E-state index contributed by atoms with van der Waals surface area (Å²) in [6.07, 6.45) is 1.49. The van der Waals surface area contributed by atoms with E-state index < -0.39 is 22.5 Å². The largest absolute Gasteiger partial charge is 0.497 e. The Bertz CT molecular complexity index is 1280. The van der Waals surface area contributed by atoms with E-state index in [9.17, 15) is 13.2 Å². The van der Waals surface area contributed by atoms with E-state index in [2.05, 4.69) is 10.5 Å². The summed E-state index contributed by atoms with van der Waals surface area (Å²) < 4.78 is 38.7. The van der Waals surface area contributed by atoms with Crippen molar-refractivity contribution in [3.63, 3.8) is 0 Å². The molecule has 3 aromatic rings. The predicted molar refractivity (Wildman–Crippen MR) is 137 cm³/mol. The van der Waals surface area contributed by atoms with Gasteiger partial charge in [0.2, 0.25) is 0 Å². The minimum Gasteiger partial charge on any atom is -0.497 e. The van der Waals surface area contributed by atoms with Gasteiger partial charge in [0.25, 0.3) is 15.9 Å². The van der Waals surface area contributed by atoms with Gasteiger partial charge in [-0.25, -0.2) is 13.8 Å². The molecule has 0 unspecified atom stereocenters. The second-order valence-electron chi connectivity index (χ2n) is 7.64. The van der Waals surface area contributed by atoms with Gasteiger partial charge in [0.1, 0.15) is 18.0 Å². The number of ether oxygens (including phenoxy) is 2. The van der Waals surface area contributed by atoms with Crippen LogP contribution in [0.1, 0.15) is 5.56 Å². The number of amides is 1. The summed E-state index contributed by atoms with van der Waals surface area (Å²) >= 11 is 0. The fraction of sp³-hybridized carbons (Fsp3) is 0.200. The smallest absolute Gasteiger partial charge is 0.264 e. The van der Waals surface area contributed by atoms with Crippen LogP contribution in [-0.4, -0.2) is 55.4 Å². The number of hydrazone groups is 1. The Kier molecular flexibility index (Phi) is 8.32. The van der Waals surface area contributed by atoms with E-state index in [-0.39, 0.29) is 16.3 Å². The molecule has 0 aliphatic rings. The van der Waals surface area contributed by atoms with E-state index >= 15 is 0 Å². The van der Waals surface area contributed by atoms with E-state index in [0.29, 0.717) is 5.75 Å². The first-order valence-corrected chi connectivity index (χ1v) is 12.1. The Morgan fingerprint density at radius 3 is 2.26 bits per heavy atom. The van der Waals surface area contributed by atoms with Crippen molar-refractivity contribution in [3.8, 4) is 11.5 Å². The third-order valence-corrected chi connectivity index (χ3v) is 6.86. The van der Waals surface area contributed by atoms with Crippen LogP contribution in [0.15, 0.2) is 82.8 Å². The molecule has 10 heteroatoms. The Morgan fingerprint density at radius 2 is 1.66 bits per heavy atom. The molecular weight excluding hydrogens is 468 g/mol. The molecule has 9 nitrogen and oxygen atoms in total. The van der Waals surface area contributed by atoms with E-state index in [4.69, 9.17) is 9.47 Å². The molecule has 0 bridgehead atoms. The van der Waals surface area contributed by atoms with Crippen LogP contribution in [0.5, 0.6) is 11.5 Å². The molecule has 3 rings (SSSR count). The molecule has 0 saturated carbocycles. The molecule has 0 saturated heterocycles. The quantitative estimate of drug-likeness (QED) is 0.342. The normalized spacial score (nSPS) is 11.2. The van der Waals surface area contributed by atoms with E-state index in [0.717, 1.165) is 15.6 Å². The number of nitrogens with zero attached hydrogens (tertiary/aromatic N) is 3. The summed E-state index contributed by atoms with van der Waals surface area (Å²) in [6, 6.07) is 20.1. The lowest BCUT2D eigenvalue weighted by Gasteiger charge is -2.25. The monoisotopic (exact) mass is 496 g/mol. The van der Waals surface area contributed by atoms with Gasteiger partial charge in [-0.1, -0.05) is 30.3 Å².